The van der Waals surface area contributed by atoms with Crippen LogP contribution in [0.2, 0.25) is 0 Å². The van der Waals surface area contributed by atoms with Crippen LogP contribution in [0.3, 0.4) is 0 Å². The van der Waals surface area contributed by atoms with Gasteiger partial charge in [0, 0.05) is 35.3 Å². The summed E-state index contributed by atoms with van der Waals surface area (Å²) in [7, 11) is -0.229. The first-order chi connectivity index (χ1) is 35.9. The summed E-state index contributed by atoms with van der Waals surface area (Å²) in [5, 5.41) is 0. The van der Waals surface area contributed by atoms with Crippen LogP contribution in [-0.4, -0.2) is 41.1 Å². The Morgan fingerprint density at radius 3 is 0.568 bits per heavy atom. The Balaban J connectivity index is 0.000000772. The van der Waals surface area contributed by atoms with Crippen molar-refractivity contribution < 1.29 is 129 Å². The van der Waals surface area contributed by atoms with Crippen molar-refractivity contribution >= 4 is 43.8 Å². The smallest absolute Gasteiger partial charge is 0.207 e. The fraction of sp³-hybridized carbons (Fsp3) is 0.423. The third-order valence-electron chi connectivity index (χ3n) is 12.8. The quantitative estimate of drug-likeness (QED) is 0.0702. The van der Waals surface area contributed by atoms with E-state index in [2.05, 4.69) is 55.4 Å². The van der Waals surface area contributed by atoms with Crippen molar-refractivity contribution in [3.05, 3.63) is 153 Å². The predicted octanol–water partition coefficient (Wildman–Crippen LogP) is 18.1. The van der Waals surface area contributed by atoms with Crippen molar-refractivity contribution in [3.63, 3.8) is 0 Å². The van der Waals surface area contributed by atoms with Gasteiger partial charge in [-0.15, -0.1) is 0 Å². The van der Waals surface area contributed by atoms with Gasteiger partial charge in [0.25, 0.3) is 0 Å². The molecule has 455 valence electrons. The largest absolute Gasteiger partial charge is 0.416 e. The molecule has 5 aromatic rings. The minimum absolute atomic E-state index is 0. The minimum Gasteiger partial charge on any atom is -0.207 e. The SMILES string of the molecule is CC(C)[PH+](CC[PH+](C(C)C)C(C)C)C(C)C.FC(F)(F)c1cc([B-](c2cc(C(F)(F)F)cc(C(F)(F)F)c2)(c2cc(C(F)(F)F)cc(C(F)(F)F)c2)c2cc(C(F)(F)F)cc(C(F)(F)F)c2)cc(C(F)(F)F)c1.Fc1ccccc1.[Rh]. The first kappa shape index (κ1) is 73.0. The van der Waals surface area contributed by atoms with E-state index in [1.165, 1.54) is 12.1 Å². The van der Waals surface area contributed by atoms with Crippen molar-refractivity contribution in [2.75, 3.05) is 12.3 Å². The molecule has 0 atom stereocenters. The van der Waals surface area contributed by atoms with E-state index in [0.717, 1.165) is 22.6 Å². The van der Waals surface area contributed by atoms with Gasteiger partial charge in [-0.3, -0.25) is 0 Å². The Morgan fingerprint density at radius 1 is 0.296 bits per heavy atom. The van der Waals surface area contributed by atoms with Crippen LogP contribution < -0.4 is 21.9 Å². The molecule has 0 fully saturated rings. The summed E-state index contributed by atoms with van der Waals surface area (Å²) in [6.45, 7) is 19.5. The van der Waals surface area contributed by atoms with Gasteiger partial charge in [0.1, 0.15) is 12.0 Å². The topological polar surface area (TPSA) is 0 Å². The van der Waals surface area contributed by atoms with Crippen LogP contribution >= 0.6 is 15.8 Å². The molecule has 0 amide bonds. The average Bonchev–Trinajstić information content (AvgIpc) is 3.28. The summed E-state index contributed by atoms with van der Waals surface area (Å²) < 4.78 is 353. The van der Waals surface area contributed by atoms with Crippen LogP contribution in [0, 0.1) is 5.82 Å². The molecule has 0 saturated carbocycles. The number of hydrogen-bond donors (Lipinski definition) is 0. The minimum atomic E-state index is -6.13. The van der Waals surface area contributed by atoms with E-state index < -0.39 is 195 Å². The zero-order valence-corrected chi connectivity index (χ0v) is 47.0. The number of halogens is 25. The molecule has 29 heteroatoms. The summed E-state index contributed by atoms with van der Waals surface area (Å²) in [6, 6.07) is -0.872. The maximum Gasteiger partial charge on any atom is 0.416 e. The number of benzene rings is 5. The molecule has 0 unspecified atom stereocenters. The van der Waals surface area contributed by atoms with E-state index >= 15 is 0 Å². The maximum atomic E-state index is 14.2. The molecule has 0 saturated heterocycles. The van der Waals surface area contributed by atoms with Gasteiger partial charge in [-0.1, -0.05) is 66.7 Å². The van der Waals surface area contributed by atoms with Crippen molar-refractivity contribution in [1.82, 2.24) is 0 Å². The number of rotatable bonds is 11. The summed E-state index contributed by atoms with van der Waals surface area (Å²) >= 11 is 0. The normalized spacial score (nSPS) is 13.4. The molecule has 1 radical (unpaired) electrons. The fourth-order valence-corrected chi connectivity index (χ4v) is 16.5. The predicted molar refractivity (Wildman–Crippen MR) is 263 cm³/mol. The first-order valence-electron chi connectivity index (χ1n) is 23.7. The molecule has 0 aliphatic carbocycles. The zero-order valence-electron chi connectivity index (χ0n) is 43.4. The van der Waals surface area contributed by atoms with Crippen LogP contribution in [0.4, 0.5) is 110 Å². The third kappa shape index (κ3) is 19.7. The van der Waals surface area contributed by atoms with Gasteiger partial charge >= 0.3 is 49.4 Å². The molecule has 0 spiro atoms. The van der Waals surface area contributed by atoms with E-state index in [9.17, 15) is 110 Å². The molecule has 81 heavy (non-hydrogen) atoms. The van der Waals surface area contributed by atoms with E-state index in [-0.39, 0.29) is 41.1 Å². The van der Waals surface area contributed by atoms with Crippen molar-refractivity contribution in [3.8, 4) is 0 Å². The van der Waals surface area contributed by atoms with Crippen LogP contribution in [0.1, 0.15) is 99.9 Å². The van der Waals surface area contributed by atoms with Gasteiger partial charge in [-0.25, -0.2) is 4.39 Å². The number of hydrogen-bond acceptors (Lipinski definition) is 0. The molecular formula is C52H51BF25P2Rh+. The summed E-state index contributed by atoms with van der Waals surface area (Å²) in [5.74, 6) is -0.178. The zero-order chi connectivity index (χ0) is 61.9. The van der Waals surface area contributed by atoms with Crippen LogP contribution in [0.15, 0.2) is 103 Å². The van der Waals surface area contributed by atoms with Crippen LogP contribution in [0.25, 0.3) is 0 Å². The van der Waals surface area contributed by atoms with Crippen molar-refractivity contribution in [1.29, 1.82) is 0 Å². The van der Waals surface area contributed by atoms with E-state index in [1.54, 1.807) is 30.5 Å². The van der Waals surface area contributed by atoms with Crippen LogP contribution in [-0.2, 0) is 68.9 Å². The summed E-state index contributed by atoms with van der Waals surface area (Å²) in [6.07, 6.45) is -51.7. The van der Waals surface area contributed by atoms with E-state index in [1.807, 2.05) is 0 Å². The first-order valence-corrected chi connectivity index (χ1v) is 27.4. The van der Waals surface area contributed by atoms with Crippen molar-refractivity contribution in [2.45, 2.75) is 127 Å². The van der Waals surface area contributed by atoms with Gasteiger partial charge in [0.2, 0.25) is 0 Å². The van der Waals surface area contributed by atoms with Gasteiger partial charge in [0.15, 0.2) is 0 Å². The van der Waals surface area contributed by atoms with Gasteiger partial charge < -0.3 is 0 Å². The Kier molecular flexibility index (Phi) is 24.2. The molecule has 0 bridgehead atoms. The second-order valence-electron chi connectivity index (χ2n) is 19.8. The Hall–Kier alpha value is -4.10. The van der Waals surface area contributed by atoms with E-state index in [0.29, 0.717) is 0 Å². The van der Waals surface area contributed by atoms with Gasteiger partial charge in [-0.05, 0) is 91.8 Å². The molecule has 0 heterocycles. The third-order valence-corrected chi connectivity index (χ3v) is 20.9. The van der Waals surface area contributed by atoms with Crippen molar-refractivity contribution in [2.24, 2.45) is 0 Å². The maximum absolute atomic E-state index is 14.2. The molecule has 0 aliphatic rings. The Bertz CT molecular complexity index is 2350. The van der Waals surface area contributed by atoms with Crippen LogP contribution in [0.5, 0.6) is 0 Å². The molecule has 0 nitrogen and oxygen atoms in total. The fourth-order valence-electron chi connectivity index (χ4n) is 9.26. The second-order valence-corrected chi connectivity index (χ2v) is 27.7. The number of alkyl halides is 24. The average molecular weight is 1330 g/mol. The molecule has 0 aromatic heterocycles. The monoisotopic (exact) mass is 1330 g/mol. The molecule has 5 rings (SSSR count). The second kappa shape index (κ2) is 26.9. The molecular weight excluding hydrogens is 1280 g/mol. The summed E-state index contributed by atoms with van der Waals surface area (Å²) in [4.78, 5) is 0. The van der Waals surface area contributed by atoms with Gasteiger partial charge in [0.05, 0.1) is 79.5 Å². The van der Waals surface area contributed by atoms with E-state index in [4.69, 9.17) is 0 Å². The molecule has 5 aromatic carbocycles. The Morgan fingerprint density at radius 2 is 0.457 bits per heavy atom. The Labute approximate surface area is 464 Å². The standard InChI is InChI=1S/C32H12BF24.C14H32P2.C6H5F.Rh/c34-25(35,36)13-1-14(26(37,38)39)6-21(5-13)33(22-7-15(27(40,41)42)2-16(8-22)28(43,44)45,23-9-17(29(46,47)48)3-18(10-23)30(49,50)51)24-11-19(31(52,53)54)4-20(12-24)32(55,56)57;1-11(2)15(12(3)4)9-10-16(13(5)6)14(7)8;7-6-4-2-1-3-5-6;/h1-12H;11-14H,9-10H2,1-8H3;1-5H;/q-1;;;/p+2. The summed E-state index contributed by atoms with van der Waals surface area (Å²) in [5.41, 5.74) is -26.4. The molecule has 0 aliphatic heterocycles. The van der Waals surface area contributed by atoms with Gasteiger partial charge in [-0.2, -0.15) is 127 Å². The molecule has 0 N–H and O–H groups in total.